The first-order valence-corrected chi connectivity index (χ1v) is 13.5. The van der Waals surface area contributed by atoms with Crippen molar-refractivity contribution in [1.82, 2.24) is 14.8 Å². The standard InChI is InChI=1S/C26H32N4O4S2/c1-7-13-30-23(18-9-11-19(12-10-18)34-14-16(3)4)28-29-26(30)35-15-21(31)27-24-22(25(32)33-6)20(8-2)17(5)36-24/h7,9-12,16H,1,8,13-15H2,2-6H3,(H,27,31). The minimum Gasteiger partial charge on any atom is -0.493 e. The smallest absolute Gasteiger partial charge is 0.341 e. The number of nitrogens with one attached hydrogen (secondary N) is 1. The maximum absolute atomic E-state index is 12.8. The number of anilines is 1. The second kappa shape index (κ2) is 12.7. The fourth-order valence-corrected chi connectivity index (χ4v) is 5.47. The number of benzene rings is 1. The van der Waals surface area contributed by atoms with Gasteiger partial charge in [-0.1, -0.05) is 38.6 Å². The fourth-order valence-electron chi connectivity index (χ4n) is 3.57. The average molecular weight is 529 g/mol. The number of ether oxygens (including phenoxy) is 2. The van der Waals surface area contributed by atoms with Gasteiger partial charge in [0.15, 0.2) is 11.0 Å². The molecule has 0 aliphatic carbocycles. The van der Waals surface area contributed by atoms with Crippen molar-refractivity contribution in [2.75, 3.05) is 24.8 Å². The molecule has 2 aromatic heterocycles. The number of hydrogen-bond acceptors (Lipinski definition) is 8. The summed E-state index contributed by atoms with van der Waals surface area (Å²) in [6.07, 6.45) is 2.44. The molecule has 0 aliphatic rings. The van der Waals surface area contributed by atoms with Crippen LogP contribution in [-0.4, -0.2) is 46.1 Å². The van der Waals surface area contributed by atoms with Crippen LogP contribution in [0.1, 0.15) is 41.6 Å². The highest BCUT2D eigenvalue weighted by Gasteiger charge is 2.23. The third-order valence-corrected chi connectivity index (χ3v) is 7.29. The first-order chi connectivity index (χ1) is 17.3. The van der Waals surface area contributed by atoms with Crippen LogP contribution < -0.4 is 10.1 Å². The number of thiophene rings is 1. The summed E-state index contributed by atoms with van der Waals surface area (Å²) in [5.41, 5.74) is 2.21. The molecular weight excluding hydrogens is 496 g/mol. The first-order valence-electron chi connectivity index (χ1n) is 11.7. The SMILES string of the molecule is C=CCn1c(SCC(=O)Nc2sc(C)c(CC)c2C(=O)OC)nnc1-c1ccc(OCC(C)C)cc1. The van der Waals surface area contributed by atoms with Crippen molar-refractivity contribution in [2.45, 2.75) is 45.8 Å². The van der Waals surface area contributed by atoms with E-state index < -0.39 is 5.97 Å². The van der Waals surface area contributed by atoms with Gasteiger partial charge < -0.3 is 14.8 Å². The Morgan fingerprint density at radius 3 is 2.58 bits per heavy atom. The minimum atomic E-state index is -0.449. The molecule has 0 spiro atoms. The van der Waals surface area contributed by atoms with Crippen molar-refractivity contribution in [3.8, 4) is 17.1 Å². The van der Waals surface area contributed by atoms with Crippen LogP contribution in [0.15, 0.2) is 42.1 Å². The molecule has 0 fully saturated rings. The Morgan fingerprint density at radius 2 is 1.97 bits per heavy atom. The van der Waals surface area contributed by atoms with Gasteiger partial charge in [-0.15, -0.1) is 28.1 Å². The van der Waals surface area contributed by atoms with Gasteiger partial charge in [0, 0.05) is 17.0 Å². The zero-order chi connectivity index (χ0) is 26.2. The number of thioether (sulfide) groups is 1. The van der Waals surface area contributed by atoms with E-state index in [2.05, 4.69) is 35.9 Å². The molecule has 1 N–H and O–H groups in total. The zero-order valence-electron chi connectivity index (χ0n) is 21.3. The van der Waals surface area contributed by atoms with E-state index in [9.17, 15) is 9.59 Å². The molecular formula is C26H32N4O4S2. The molecule has 10 heteroatoms. The molecule has 192 valence electrons. The number of carbonyl (C=O) groups excluding carboxylic acids is 2. The van der Waals surface area contributed by atoms with Crippen molar-refractivity contribution in [1.29, 1.82) is 0 Å². The van der Waals surface area contributed by atoms with E-state index in [4.69, 9.17) is 9.47 Å². The maximum Gasteiger partial charge on any atom is 0.341 e. The molecule has 0 unspecified atom stereocenters. The molecule has 0 bridgehead atoms. The normalized spacial score (nSPS) is 10.9. The summed E-state index contributed by atoms with van der Waals surface area (Å²) < 4.78 is 12.6. The summed E-state index contributed by atoms with van der Waals surface area (Å²) in [5.74, 6) is 1.35. The lowest BCUT2D eigenvalue weighted by Crippen LogP contribution is -2.16. The second-order valence-electron chi connectivity index (χ2n) is 8.46. The van der Waals surface area contributed by atoms with E-state index in [-0.39, 0.29) is 11.7 Å². The Bertz CT molecular complexity index is 1220. The lowest BCUT2D eigenvalue weighted by Gasteiger charge is -2.10. The van der Waals surface area contributed by atoms with Crippen LogP contribution in [0.25, 0.3) is 11.4 Å². The maximum atomic E-state index is 12.8. The van der Waals surface area contributed by atoms with Crippen molar-refractivity contribution < 1.29 is 19.1 Å². The zero-order valence-corrected chi connectivity index (χ0v) is 22.9. The molecule has 36 heavy (non-hydrogen) atoms. The van der Waals surface area contributed by atoms with Crippen LogP contribution in [0.2, 0.25) is 0 Å². The third kappa shape index (κ3) is 6.55. The number of aromatic nitrogens is 3. The molecule has 0 radical (unpaired) electrons. The summed E-state index contributed by atoms with van der Waals surface area (Å²) in [4.78, 5) is 26.1. The van der Waals surface area contributed by atoms with Crippen LogP contribution in [-0.2, 0) is 22.5 Å². The number of methoxy groups -OCH3 is 1. The molecule has 1 amide bonds. The summed E-state index contributed by atoms with van der Waals surface area (Å²) >= 11 is 2.65. The molecule has 1 aromatic carbocycles. The van der Waals surface area contributed by atoms with Crippen molar-refractivity contribution in [3.63, 3.8) is 0 Å². The van der Waals surface area contributed by atoms with Gasteiger partial charge in [0.1, 0.15) is 10.8 Å². The third-order valence-electron chi connectivity index (χ3n) is 5.26. The van der Waals surface area contributed by atoms with E-state index in [1.54, 1.807) is 6.08 Å². The number of rotatable bonds is 12. The van der Waals surface area contributed by atoms with E-state index in [1.807, 2.05) is 42.7 Å². The highest BCUT2D eigenvalue weighted by Crippen LogP contribution is 2.34. The Hall–Kier alpha value is -3.11. The van der Waals surface area contributed by atoms with E-state index in [0.717, 1.165) is 21.8 Å². The van der Waals surface area contributed by atoms with Gasteiger partial charge in [-0.25, -0.2) is 4.79 Å². The molecule has 0 aliphatic heterocycles. The van der Waals surface area contributed by atoms with Gasteiger partial charge in [0.05, 0.1) is 25.0 Å². The highest BCUT2D eigenvalue weighted by molar-refractivity contribution is 7.99. The molecule has 3 aromatic rings. The lowest BCUT2D eigenvalue weighted by molar-refractivity contribution is -0.113. The molecule has 2 heterocycles. The lowest BCUT2D eigenvalue weighted by atomic mass is 10.1. The largest absolute Gasteiger partial charge is 0.493 e. The predicted octanol–water partition coefficient (Wildman–Crippen LogP) is 5.62. The number of aryl methyl sites for hydroxylation is 1. The van der Waals surface area contributed by atoms with Gasteiger partial charge in [0.25, 0.3) is 0 Å². The molecule has 0 atom stereocenters. The van der Waals surface area contributed by atoms with Gasteiger partial charge in [0.2, 0.25) is 5.91 Å². The first kappa shape index (κ1) is 27.5. The number of nitrogens with zero attached hydrogens (tertiary/aromatic N) is 3. The average Bonchev–Trinajstić information content (AvgIpc) is 3.41. The van der Waals surface area contributed by atoms with Crippen LogP contribution in [0, 0.1) is 12.8 Å². The topological polar surface area (TPSA) is 95.3 Å². The number of amides is 1. The highest BCUT2D eigenvalue weighted by atomic mass is 32.2. The van der Waals surface area contributed by atoms with Gasteiger partial charge >= 0.3 is 5.97 Å². The van der Waals surface area contributed by atoms with Crippen LogP contribution in [0.3, 0.4) is 0 Å². The Kier molecular flexibility index (Phi) is 9.72. The van der Waals surface area contributed by atoms with Crippen LogP contribution in [0.4, 0.5) is 5.00 Å². The molecule has 0 saturated heterocycles. The number of esters is 1. The summed E-state index contributed by atoms with van der Waals surface area (Å²) in [7, 11) is 1.34. The summed E-state index contributed by atoms with van der Waals surface area (Å²) in [6, 6.07) is 7.72. The Morgan fingerprint density at radius 1 is 1.25 bits per heavy atom. The Labute approximate surface area is 220 Å². The molecule has 8 nitrogen and oxygen atoms in total. The number of carbonyl (C=O) groups is 2. The van der Waals surface area contributed by atoms with Crippen LogP contribution in [0.5, 0.6) is 5.75 Å². The quantitative estimate of drug-likeness (QED) is 0.185. The molecule has 0 saturated carbocycles. The van der Waals surface area contributed by atoms with Gasteiger partial charge in [-0.3, -0.25) is 9.36 Å². The van der Waals surface area contributed by atoms with Crippen molar-refractivity contribution in [2.24, 2.45) is 5.92 Å². The number of allylic oxidation sites excluding steroid dienone is 1. The van der Waals surface area contributed by atoms with Crippen molar-refractivity contribution in [3.05, 3.63) is 52.9 Å². The Balaban J connectivity index is 1.73. The van der Waals surface area contributed by atoms with Gasteiger partial charge in [-0.2, -0.15) is 0 Å². The van der Waals surface area contributed by atoms with E-state index >= 15 is 0 Å². The fraction of sp³-hybridized carbons (Fsp3) is 0.385. The van der Waals surface area contributed by atoms with Crippen molar-refractivity contribution >= 4 is 40.0 Å². The number of hydrogen-bond donors (Lipinski definition) is 1. The van der Waals surface area contributed by atoms with E-state index in [1.165, 1.54) is 30.2 Å². The minimum absolute atomic E-state index is 0.107. The van der Waals surface area contributed by atoms with E-state index in [0.29, 0.717) is 47.0 Å². The van der Waals surface area contributed by atoms with Crippen LogP contribution >= 0.6 is 23.1 Å². The second-order valence-corrected chi connectivity index (χ2v) is 10.6. The molecule has 3 rings (SSSR count). The van der Waals surface area contributed by atoms with Gasteiger partial charge in [-0.05, 0) is 49.1 Å². The predicted molar refractivity (Wildman–Crippen MR) is 145 cm³/mol. The summed E-state index contributed by atoms with van der Waals surface area (Å²) in [5, 5.41) is 12.7. The monoisotopic (exact) mass is 528 g/mol. The summed E-state index contributed by atoms with van der Waals surface area (Å²) in [6.45, 7) is 13.1.